The lowest BCUT2D eigenvalue weighted by molar-refractivity contribution is -0.146. The van der Waals surface area contributed by atoms with Crippen LogP contribution in [0.3, 0.4) is 0 Å². The molecule has 0 saturated heterocycles. The van der Waals surface area contributed by atoms with Crippen LogP contribution in [0.1, 0.15) is 58.7 Å². The number of alkyl carbamates (subject to hydrolysis) is 1. The minimum Gasteiger partial charge on any atom is -0.508 e. The molecule has 3 rings (SSSR count). The highest BCUT2D eigenvalue weighted by molar-refractivity contribution is 7.80. The zero-order chi connectivity index (χ0) is 29.8. The van der Waals surface area contributed by atoms with E-state index in [9.17, 15) is 19.5 Å². The summed E-state index contributed by atoms with van der Waals surface area (Å²) in [7, 11) is 0. The number of hydrogen-bond acceptors (Lipinski definition) is 6. The van der Waals surface area contributed by atoms with E-state index >= 15 is 0 Å². The van der Waals surface area contributed by atoms with Crippen LogP contribution in [-0.2, 0) is 14.3 Å². The molecule has 3 amide bonds. The van der Waals surface area contributed by atoms with E-state index in [-0.39, 0.29) is 11.5 Å². The molecule has 0 radical (unpaired) electrons. The van der Waals surface area contributed by atoms with Crippen molar-refractivity contribution in [1.29, 1.82) is 0 Å². The summed E-state index contributed by atoms with van der Waals surface area (Å²) in [6.07, 6.45) is -0.758. The number of phenols is 1. The quantitative estimate of drug-likeness (QED) is 0.264. The van der Waals surface area contributed by atoms with Gasteiger partial charge in [-0.1, -0.05) is 36.4 Å². The Kier molecular flexibility index (Phi) is 9.40. The molecule has 214 valence electrons. The molecule has 8 nitrogen and oxygen atoms in total. The summed E-state index contributed by atoms with van der Waals surface area (Å²) >= 11 is 4.33. The van der Waals surface area contributed by atoms with Crippen LogP contribution in [-0.4, -0.2) is 50.8 Å². The van der Waals surface area contributed by atoms with Crippen molar-refractivity contribution in [2.24, 2.45) is 0 Å². The summed E-state index contributed by atoms with van der Waals surface area (Å²) in [6.45, 7) is 12.4. The van der Waals surface area contributed by atoms with Gasteiger partial charge in [-0.25, -0.2) is 4.79 Å². The van der Waals surface area contributed by atoms with Gasteiger partial charge in [0.2, 0.25) is 5.91 Å². The summed E-state index contributed by atoms with van der Waals surface area (Å²) in [5, 5.41) is 17.7. The van der Waals surface area contributed by atoms with Gasteiger partial charge in [-0.15, -0.1) is 0 Å². The largest absolute Gasteiger partial charge is 0.508 e. The van der Waals surface area contributed by atoms with Crippen molar-refractivity contribution >= 4 is 47.0 Å². The molecule has 0 fully saturated rings. The van der Waals surface area contributed by atoms with Crippen LogP contribution in [0.25, 0.3) is 10.8 Å². The average Bonchev–Trinajstić information content (AvgIpc) is 2.85. The molecule has 3 aromatic rings. The van der Waals surface area contributed by atoms with Gasteiger partial charge in [0.15, 0.2) is 0 Å². The highest BCUT2D eigenvalue weighted by Crippen LogP contribution is 2.33. The first-order valence-electron chi connectivity index (χ1n) is 13.1. The van der Waals surface area contributed by atoms with Gasteiger partial charge >= 0.3 is 6.09 Å². The van der Waals surface area contributed by atoms with Crippen molar-refractivity contribution in [3.63, 3.8) is 0 Å². The van der Waals surface area contributed by atoms with E-state index in [0.717, 1.165) is 10.8 Å². The van der Waals surface area contributed by atoms with Crippen molar-refractivity contribution in [3.8, 4) is 5.75 Å². The zero-order valence-corrected chi connectivity index (χ0v) is 25.0. The Bertz CT molecular complexity index is 1390. The molecule has 0 aliphatic rings. The van der Waals surface area contributed by atoms with Gasteiger partial charge < -0.3 is 25.4 Å². The lowest BCUT2D eigenvalue weighted by Gasteiger charge is -2.43. The first-order valence-corrected chi connectivity index (χ1v) is 13.8. The Hall–Kier alpha value is -3.72. The number of hydrogen-bond donors (Lipinski definition) is 4. The number of fused-ring (bicyclic) bond motifs is 1. The van der Waals surface area contributed by atoms with Gasteiger partial charge in [0.25, 0.3) is 5.91 Å². The van der Waals surface area contributed by atoms with E-state index in [2.05, 4.69) is 23.3 Å². The second kappa shape index (κ2) is 12.2. The molecule has 40 heavy (non-hydrogen) atoms. The van der Waals surface area contributed by atoms with E-state index in [0.29, 0.717) is 16.8 Å². The van der Waals surface area contributed by atoms with Gasteiger partial charge in [0.1, 0.15) is 23.4 Å². The third-order valence-electron chi connectivity index (χ3n) is 6.19. The lowest BCUT2D eigenvalue weighted by atomic mass is 9.94. The van der Waals surface area contributed by atoms with Crippen molar-refractivity contribution in [3.05, 3.63) is 71.8 Å². The van der Waals surface area contributed by atoms with E-state index in [1.165, 1.54) is 11.0 Å². The summed E-state index contributed by atoms with van der Waals surface area (Å²) in [5.41, 5.74) is 0.0182. The molecule has 0 bridgehead atoms. The number of aromatic hydroxyl groups is 1. The molecule has 0 aliphatic carbocycles. The van der Waals surface area contributed by atoms with E-state index in [1.54, 1.807) is 39.8 Å². The molecular weight excluding hydrogens is 526 g/mol. The van der Waals surface area contributed by atoms with Crippen LogP contribution >= 0.6 is 12.6 Å². The number of carbonyl (C=O) groups is 3. The summed E-state index contributed by atoms with van der Waals surface area (Å²) in [5.74, 6) is -0.888. The fourth-order valence-electron chi connectivity index (χ4n) is 4.39. The van der Waals surface area contributed by atoms with Crippen LogP contribution in [0.5, 0.6) is 5.75 Å². The molecule has 9 heteroatoms. The minimum atomic E-state index is -1.10. The topological polar surface area (TPSA) is 108 Å². The lowest BCUT2D eigenvalue weighted by Crippen LogP contribution is -2.58. The predicted molar refractivity (Wildman–Crippen MR) is 162 cm³/mol. The zero-order valence-electron chi connectivity index (χ0n) is 24.1. The van der Waals surface area contributed by atoms with Crippen molar-refractivity contribution in [1.82, 2.24) is 10.2 Å². The van der Waals surface area contributed by atoms with Gasteiger partial charge in [0, 0.05) is 17.0 Å². The van der Waals surface area contributed by atoms with Crippen LogP contribution in [0.15, 0.2) is 60.7 Å². The molecule has 0 saturated carbocycles. The van der Waals surface area contributed by atoms with Gasteiger partial charge in [-0.2, -0.15) is 12.6 Å². The Labute approximate surface area is 241 Å². The number of anilines is 1. The maximum atomic E-state index is 14.1. The average molecular weight is 566 g/mol. The fraction of sp³-hybridized carbons (Fsp3) is 0.387. The van der Waals surface area contributed by atoms with E-state index in [1.807, 2.05) is 63.2 Å². The smallest absolute Gasteiger partial charge is 0.408 e. The molecule has 2 atom stereocenters. The Morgan fingerprint density at radius 1 is 0.950 bits per heavy atom. The van der Waals surface area contributed by atoms with E-state index in [4.69, 9.17) is 4.74 Å². The first kappa shape index (κ1) is 30.8. The van der Waals surface area contributed by atoms with Crippen LogP contribution < -0.4 is 10.6 Å². The van der Waals surface area contributed by atoms with Crippen LogP contribution in [0.4, 0.5) is 10.5 Å². The van der Waals surface area contributed by atoms with Gasteiger partial charge in [-0.3, -0.25) is 9.59 Å². The second-order valence-corrected chi connectivity index (χ2v) is 12.1. The number of amides is 3. The number of rotatable bonds is 7. The summed E-state index contributed by atoms with van der Waals surface area (Å²) in [4.78, 5) is 42.2. The fourth-order valence-corrected chi connectivity index (χ4v) is 4.64. The van der Waals surface area contributed by atoms with Gasteiger partial charge in [0.05, 0.1) is 0 Å². The Morgan fingerprint density at radius 3 is 2.17 bits per heavy atom. The third-order valence-corrected chi connectivity index (χ3v) is 6.56. The number of carbonyl (C=O) groups excluding carboxylic acids is 3. The molecule has 0 spiro atoms. The predicted octanol–water partition coefficient (Wildman–Crippen LogP) is 5.98. The van der Waals surface area contributed by atoms with E-state index < -0.39 is 41.1 Å². The molecule has 0 aliphatic heterocycles. The maximum Gasteiger partial charge on any atom is 0.408 e. The maximum absolute atomic E-state index is 14.1. The second-order valence-electron chi connectivity index (χ2n) is 11.8. The van der Waals surface area contributed by atoms with Crippen LogP contribution in [0.2, 0.25) is 0 Å². The Morgan fingerprint density at radius 2 is 1.60 bits per heavy atom. The number of thiol groups is 1. The highest BCUT2D eigenvalue weighted by Gasteiger charge is 2.41. The van der Waals surface area contributed by atoms with Crippen LogP contribution in [0, 0.1) is 6.92 Å². The Balaban J connectivity index is 2.06. The number of nitrogens with zero attached hydrogens (tertiary/aromatic N) is 1. The molecular formula is C31H39N3O5S. The summed E-state index contributed by atoms with van der Waals surface area (Å²) < 4.78 is 5.36. The van der Waals surface area contributed by atoms with Crippen molar-refractivity contribution in [2.45, 2.75) is 71.7 Å². The SMILES string of the molecule is Cc1cc(C(C(=O)Nc2ccc3ccccc3c2)N(C(=O)C(CS)NC(=O)OC(C)(C)C)C(C)(C)C)ccc1O. The first-order chi connectivity index (χ1) is 18.6. The highest BCUT2D eigenvalue weighted by atomic mass is 32.1. The standard InChI is InChI=1S/C31H39N3O5S/c1-19-16-22(13-15-25(19)35)26(27(36)32-23-14-12-20-10-8-9-11-21(20)17-23)34(30(2,3)4)28(37)24(18-40)33-29(38)39-31(5,6)7/h8-17,24,26,35,40H,18H2,1-7H3,(H,32,36)(H,33,38). The molecule has 3 aromatic carbocycles. The third kappa shape index (κ3) is 7.69. The number of benzene rings is 3. The molecule has 3 N–H and O–H groups in total. The normalized spacial score (nSPS) is 13.3. The molecule has 0 heterocycles. The number of ether oxygens (including phenoxy) is 1. The van der Waals surface area contributed by atoms with Crippen molar-refractivity contribution in [2.75, 3.05) is 11.1 Å². The number of aryl methyl sites for hydroxylation is 1. The minimum absolute atomic E-state index is 0.0156. The number of phenolic OH excluding ortho intramolecular Hbond substituents is 1. The number of nitrogens with one attached hydrogen (secondary N) is 2. The summed E-state index contributed by atoms with van der Waals surface area (Å²) in [6, 6.07) is 16.0. The molecule has 0 aromatic heterocycles. The van der Waals surface area contributed by atoms with Crippen molar-refractivity contribution < 1.29 is 24.2 Å². The monoisotopic (exact) mass is 565 g/mol. The van der Waals surface area contributed by atoms with Gasteiger partial charge in [-0.05, 0) is 94.6 Å². The molecule has 2 unspecified atom stereocenters.